The second-order valence-electron chi connectivity index (χ2n) is 14.8. The Bertz CT molecular complexity index is 2610. The molecule has 2 saturated heterocycles. The number of likely N-dealkylation sites (tertiary alicyclic amines) is 1. The Balaban J connectivity index is 0.941. The molecule has 1 atom stereocenters. The van der Waals surface area contributed by atoms with E-state index in [4.69, 9.17) is 11.6 Å². The Morgan fingerprint density at radius 1 is 0.867 bits per heavy atom. The summed E-state index contributed by atoms with van der Waals surface area (Å²) in [5, 5.41) is 16.7. The van der Waals surface area contributed by atoms with Gasteiger partial charge in [0, 0.05) is 91.1 Å². The molecule has 2 aliphatic heterocycles. The molecule has 2 aliphatic rings. The molecule has 0 aliphatic carbocycles. The molecular formula is C44H43ClN8O5S2. The van der Waals surface area contributed by atoms with Crippen LogP contribution >= 0.6 is 23.4 Å². The fraction of sp³-hybridized carbons (Fsp3) is 0.250. The lowest BCUT2D eigenvalue weighted by Crippen LogP contribution is -2.46. The van der Waals surface area contributed by atoms with E-state index in [-0.39, 0.29) is 28.7 Å². The molecule has 2 N–H and O–H groups in total. The van der Waals surface area contributed by atoms with E-state index in [0.717, 1.165) is 61.4 Å². The summed E-state index contributed by atoms with van der Waals surface area (Å²) >= 11 is 7.67. The van der Waals surface area contributed by atoms with Gasteiger partial charge in [0.25, 0.3) is 15.7 Å². The zero-order valence-corrected chi connectivity index (χ0v) is 35.0. The Hall–Kier alpha value is -5.74. The number of amides is 1. The number of piperazine rings is 1. The highest BCUT2D eigenvalue weighted by molar-refractivity contribution is 7.99. The van der Waals surface area contributed by atoms with Gasteiger partial charge in [0.1, 0.15) is 12.0 Å². The van der Waals surface area contributed by atoms with E-state index in [1.165, 1.54) is 41.3 Å². The number of carbonyl (C=O) groups excluding carboxylic acids is 1. The van der Waals surface area contributed by atoms with Gasteiger partial charge in [-0.3, -0.25) is 24.5 Å². The standard InChI is InChI=1S/C44H43ClN8O5S2/c45-33-13-11-31(12-14-33)38-10-5-4-7-32(38)28-50-21-23-51(24-22-50)35-15-17-39-41(26-35)46-30-47-44(39)49-60(57,58)37-16-18-40(42(27-37)53(55)56)48-34(25-43(54)52-19-6-20-52)29-59-36-8-2-1-3-9-36/h1-5,7-18,26-27,30,34,48H,6,19-25,28-29H2,(H,46,47,49)/t34-/m1/s1. The Labute approximate surface area is 358 Å². The number of hydrogen-bond donors (Lipinski definition) is 2. The molecule has 0 bridgehead atoms. The minimum absolute atomic E-state index is 0.0335. The number of benzene rings is 5. The Morgan fingerprint density at radius 2 is 1.62 bits per heavy atom. The van der Waals surface area contributed by atoms with E-state index in [0.29, 0.717) is 34.8 Å². The number of anilines is 3. The normalized spacial score (nSPS) is 15.0. The number of fused-ring (bicyclic) bond motifs is 1. The number of carbonyl (C=O) groups is 1. The topological polar surface area (TPSA) is 154 Å². The molecule has 3 heterocycles. The van der Waals surface area contributed by atoms with Gasteiger partial charge in [-0.2, -0.15) is 0 Å². The molecule has 1 aromatic heterocycles. The molecule has 308 valence electrons. The van der Waals surface area contributed by atoms with Gasteiger partial charge in [0.2, 0.25) is 5.91 Å². The van der Waals surface area contributed by atoms with Gasteiger partial charge >= 0.3 is 0 Å². The van der Waals surface area contributed by atoms with Crippen molar-refractivity contribution >= 4 is 73.1 Å². The van der Waals surface area contributed by atoms with Crippen molar-refractivity contribution in [2.24, 2.45) is 0 Å². The maximum absolute atomic E-state index is 13.8. The van der Waals surface area contributed by atoms with E-state index >= 15 is 0 Å². The molecule has 0 saturated carbocycles. The third-order valence-electron chi connectivity index (χ3n) is 10.8. The van der Waals surface area contributed by atoms with Crippen LogP contribution in [0.3, 0.4) is 0 Å². The average molecular weight is 863 g/mol. The van der Waals surface area contributed by atoms with Crippen LogP contribution < -0.4 is 14.9 Å². The molecule has 13 nitrogen and oxygen atoms in total. The third kappa shape index (κ3) is 9.65. The molecule has 0 radical (unpaired) electrons. The Morgan fingerprint density at radius 3 is 2.35 bits per heavy atom. The van der Waals surface area contributed by atoms with E-state index < -0.39 is 26.7 Å². The van der Waals surface area contributed by atoms with Crippen LogP contribution in [-0.2, 0) is 21.4 Å². The Kier molecular flexibility index (Phi) is 12.5. The number of nitro groups is 1. The van der Waals surface area contributed by atoms with Crippen LogP contribution in [0.1, 0.15) is 18.4 Å². The molecule has 16 heteroatoms. The van der Waals surface area contributed by atoms with Gasteiger partial charge in [0.05, 0.1) is 15.3 Å². The molecule has 0 unspecified atom stereocenters. The first-order valence-electron chi connectivity index (χ1n) is 19.7. The lowest BCUT2D eigenvalue weighted by molar-refractivity contribution is -0.384. The van der Waals surface area contributed by atoms with Gasteiger partial charge in [-0.05, 0) is 77.7 Å². The number of rotatable bonds is 15. The van der Waals surface area contributed by atoms with Crippen molar-refractivity contribution in [3.05, 3.63) is 142 Å². The zero-order valence-electron chi connectivity index (χ0n) is 32.6. The molecule has 5 aromatic carbocycles. The van der Waals surface area contributed by atoms with Crippen molar-refractivity contribution in [2.45, 2.75) is 35.2 Å². The highest BCUT2D eigenvalue weighted by Gasteiger charge is 2.28. The summed E-state index contributed by atoms with van der Waals surface area (Å²) in [5.41, 5.74) is 4.78. The summed E-state index contributed by atoms with van der Waals surface area (Å²) in [6, 6.07) is 34.9. The molecular weight excluding hydrogens is 820 g/mol. The largest absolute Gasteiger partial charge is 0.375 e. The van der Waals surface area contributed by atoms with Crippen LogP contribution in [0, 0.1) is 10.1 Å². The van der Waals surface area contributed by atoms with Gasteiger partial charge in [-0.15, -0.1) is 11.8 Å². The van der Waals surface area contributed by atoms with Crippen molar-refractivity contribution in [1.82, 2.24) is 19.8 Å². The fourth-order valence-electron chi connectivity index (χ4n) is 7.43. The quantitative estimate of drug-likeness (QED) is 0.0584. The smallest absolute Gasteiger partial charge is 0.293 e. The maximum atomic E-state index is 13.8. The van der Waals surface area contributed by atoms with Crippen LogP contribution in [0.2, 0.25) is 5.02 Å². The van der Waals surface area contributed by atoms with Gasteiger partial charge in [-0.1, -0.05) is 66.2 Å². The van der Waals surface area contributed by atoms with Crippen molar-refractivity contribution in [1.29, 1.82) is 0 Å². The molecule has 8 rings (SSSR count). The molecule has 60 heavy (non-hydrogen) atoms. The maximum Gasteiger partial charge on any atom is 0.293 e. The van der Waals surface area contributed by atoms with E-state index in [9.17, 15) is 23.3 Å². The monoisotopic (exact) mass is 862 g/mol. The second-order valence-corrected chi connectivity index (χ2v) is 18.0. The molecule has 2 fully saturated rings. The number of thioether (sulfide) groups is 1. The first-order valence-corrected chi connectivity index (χ1v) is 22.5. The SMILES string of the molecule is O=C(C[C@H](CSc1ccccc1)Nc1ccc(S(=O)(=O)Nc2ncnc3cc(N4CCN(Cc5ccccc5-c5ccc(Cl)cc5)CC4)ccc23)cc1[N+](=O)[O-])N1CCC1. The number of nitrogens with one attached hydrogen (secondary N) is 2. The highest BCUT2D eigenvalue weighted by atomic mass is 35.5. The van der Waals surface area contributed by atoms with E-state index in [2.05, 4.69) is 54.1 Å². The van der Waals surface area contributed by atoms with Crippen LogP contribution in [-0.4, -0.2) is 90.1 Å². The number of sulfonamides is 1. The van der Waals surface area contributed by atoms with Crippen LogP contribution in [0.15, 0.2) is 131 Å². The predicted octanol–water partition coefficient (Wildman–Crippen LogP) is 8.18. The first-order chi connectivity index (χ1) is 29.1. The summed E-state index contributed by atoms with van der Waals surface area (Å²) in [5.74, 6) is 0.485. The minimum Gasteiger partial charge on any atom is -0.375 e. The van der Waals surface area contributed by atoms with Gasteiger partial charge in [-0.25, -0.2) is 18.4 Å². The van der Waals surface area contributed by atoms with Gasteiger partial charge in [0.15, 0.2) is 5.82 Å². The van der Waals surface area contributed by atoms with E-state index in [1.54, 1.807) is 11.0 Å². The van der Waals surface area contributed by atoms with Crippen molar-refractivity contribution in [2.75, 3.05) is 60.0 Å². The average Bonchev–Trinajstić information content (AvgIpc) is 3.23. The second kappa shape index (κ2) is 18.3. The summed E-state index contributed by atoms with van der Waals surface area (Å²) in [4.78, 5) is 40.6. The number of halogens is 1. The molecule has 1 amide bonds. The number of hydrogen-bond acceptors (Lipinski definition) is 11. The third-order valence-corrected chi connectivity index (χ3v) is 13.6. The summed E-state index contributed by atoms with van der Waals surface area (Å²) < 4.78 is 30.1. The number of nitro benzene ring substituents is 1. The summed E-state index contributed by atoms with van der Waals surface area (Å²) in [6.45, 7) is 5.51. The van der Waals surface area contributed by atoms with Crippen molar-refractivity contribution < 1.29 is 18.1 Å². The lowest BCUT2D eigenvalue weighted by atomic mass is 9.99. The lowest BCUT2D eigenvalue weighted by Gasteiger charge is -2.36. The zero-order chi connectivity index (χ0) is 41.6. The van der Waals surface area contributed by atoms with E-state index in [1.807, 2.05) is 66.7 Å². The van der Waals surface area contributed by atoms with Crippen LogP contribution in [0.25, 0.3) is 22.0 Å². The number of nitrogens with zero attached hydrogens (tertiary/aromatic N) is 6. The summed E-state index contributed by atoms with van der Waals surface area (Å²) in [6.07, 6.45) is 2.38. The summed E-state index contributed by atoms with van der Waals surface area (Å²) in [7, 11) is -4.32. The highest BCUT2D eigenvalue weighted by Crippen LogP contribution is 2.33. The van der Waals surface area contributed by atoms with Gasteiger partial charge < -0.3 is 15.1 Å². The number of aromatic nitrogens is 2. The fourth-order valence-corrected chi connectivity index (χ4v) is 9.55. The van der Waals surface area contributed by atoms with Crippen molar-refractivity contribution in [3.8, 4) is 11.1 Å². The van der Waals surface area contributed by atoms with Crippen LogP contribution in [0.5, 0.6) is 0 Å². The molecule has 6 aromatic rings. The van der Waals surface area contributed by atoms with Crippen molar-refractivity contribution in [3.63, 3.8) is 0 Å². The minimum atomic E-state index is -4.32. The first kappa shape index (κ1) is 41.0. The molecule has 0 spiro atoms. The predicted molar refractivity (Wildman–Crippen MR) is 238 cm³/mol. The van der Waals surface area contributed by atoms with Crippen LogP contribution in [0.4, 0.5) is 22.9 Å².